The van der Waals surface area contributed by atoms with Crippen molar-refractivity contribution in [2.45, 2.75) is 6.17 Å². The summed E-state index contributed by atoms with van der Waals surface area (Å²) in [6.07, 6.45) is 3.00. The highest BCUT2D eigenvalue weighted by atomic mass is 79.9. The molecule has 2 atom stereocenters. The Morgan fingerprint density at radius 1 is 1.00 bits per heavy atom. The summed E-state index contributed by atoms with van der Waals surface area (Å²) in [5, 5.41) is 25.7. The highest BCUT2D eigenvalue weighted by Crippen LogP contribution is 2.29. The molecular weight excluding hydrogens is 440 g/mol. The zero-order valence-electron chi connectivity index (χ0n) is 15.9. The van der Waals surface area contributed by atoms with Gasteiger partial charge in [-0.2, -0.15) is 15.6 Å². The minimum Gasteiger partial charge on any atom is -0.317 e. The van der Waals surface area contributed by atoms with Crippen molar-refractivity contribution in [3.05, 3.63) is 88.7 Å². The molecule has 6 nitrogen and oxygen atoms in total. The summed E-state index contributed by atoms with van der Waals surface area (Å²) in [4.78, 5) is 0. The summed E-state index contributed by atoms with van der Waals surface area (Å²) >= 11 is 3.44. The smallest absolute Gasteiger partial charge is 0.127 e. The van der Waals surface area contributed by atoms with Crippen LogP contribution in [0.15, 0.2) is 88.1 Å². The lowest BCUT2D eigenvalue weighted by Crippen LogP contribution is -2.40. The fourth-order valence-corrected chi connectivity index (χ4v) is 3.64. The molecule has 2 N–H and O–H groups in total. The first-order valence-electron chi connectivity index (χ1n) is 9.26. The molecule has 146 valence electrons. The molecule has 0 spiro atoms. The Kier molecular flexibility index (Phi) is 5.49. The van der Waals surface area contributed by atoms with Crippen LogP contribution in [0.4, 0.5) is 5.69 Å². The second-order valence-corrected chi connectivity index (χ2v) is 7.63. The normalized spacial score (nSPS) is 18.6. The van der Waals surface area contributed by atoms with E-state index < -0.39 is 12.1 Å². The topological polar surface area (TPSA) is 94.1 Å². The molecule has 0 saturated heterocycles. The van der Waals surface area contributed by atoms with E-state index in [9.17, 15) is 10.5 Å². The van der Waals surface area contributed by atoms with Crippen molar-refractivity contribution in [2.75, 3.05) is 5.01 Å². The number of aromatic nitrogens is 1. The second kappa shape index (κ2) is 8.38. The molecule has 0 unspecified atom stereocenters. The maximum Gasteiger partial charge on any atom is 0.127 e. The van der Waals surface area contributed by atoms with E-state index in [4.69, 9.17) is 5.73 Å². The van der Waals surface area contributed by atoms with E-state index in [2.05, 4.69) is 33.2 Å². The SMILES string of the molecule is N#C/C(=C/c1cccn1-c1ccc(Br)cc1)C1=NN(c2ccccc2)[C@@H](N)[C@@H]1C#N. The van der Waals surface area contributed by atoms with Gasteiger partial charge in [-0.15, -0.1) is 0 Å². The molecule has 0 aliphatic carbocycles. The van der Waals surface area contributed by atoms with E-state index in [1.807, 2.05) is 77.5 Å². The maximum atomic E-state index is 9.86. The van der Waals surface area contributed by atoms with Crippen molar-refractivity contribution in [3.63, 3.8) is 0 Å². The van der Waals surface area contributed by atoms with Crippen molar-refractivity contribution >= 4 is 33.4 Å². The van der Waals surface area contributed by atoms with Gasteiger partial charge in [-0.05, 0) is 54.6 Å². The maximum absolute atomic E-state index is 9.86. The summed E-state index contributed by atoms with van der Waals surface area (Å²) in [7, 11) is 0. The molecule has 0 amide bonds. The Morgan fingerprint density at radius 3 is 2.40 bits per heavy atom. The van der Waals surface area contributed by atoms with Crippen molar-refractivity contribution in [1.29, 1.82) is 10.5 Å². The number of hydrazone groups is 1. The predicted octanol–water partition coefficient (Wildman–Crippen LogP) is 4.45. The summed E-state index contributed by atoms with van der Waals surface area (Å²) < 4.78 is 2.95. The number of nitrogens with two attached hydrogens (primary N) is 1. The van der Waals surface area contributed by atoms with Crippen LogP contribution in [0.5, 0.6) is 0 Å². The molecule has 1 aliphatic heterocycles. The monoisotopic (exact) mass is 456 g/mol. The summed E-state index contributed by atoms with van der Waals surface area (Å²) in [6.45, 7) is 0. The zero-order valence-corrected chi connectivity index (χ0v) is 17.4. The summed E-state index contributed by atoms with van der Waals surface area (Å²) in [5.41, 5.74) is 9.52. The van der Waals surface area contributed by atoms with Crippen LogP contribution in [0, 0.1) is 28.6 Å². The van der Waals surface area contributed by atoms with Gasteiger partial charge < -0.3 is 10.3 Å². The number of para-hydroxylation sites is 1. The van der Waals surface area contributed by atoms with Gasteiger partial charge in [0.1, 0.15) is 18.2 Å². The lowest BCUT2D eigenvalue weighted by Gasteiger charge is -2.21. The Hall–Kier alpha value is -3.65. The standard InChI is InChI=1S/C23H17BrN6/c24-17-8-10-18(11-9-17)29-12-4-7-20(29)13-16(14-25)22-21(15-26)23(27)30(28-22)19-5-2-1-3-6-19/h1-13,21,23H,27H2/b16-13-/t21-,23-/m1/s1. The molecule has 30 heavy (non-hydrogen) atoms. The van der Waals surface area contributed by atoms with Crippen molar-refractivity contribution < 1.29 is 0 Å². The van der Waals surface area contributed by atoms with Crippen LogP contribution in [0.2, 0.25) is 0 Å². The highest BCUT2D eigenvalue weighted by Gasteiger charge is 2.37. The Balaban J connectivity index is 1.75. The van der Waals surface area contributed by atoms with Gasteiger partial charge in [-0.3, -0.25) is 0 Å². The van der Waals surface area contributed by atoms with Crippen LogP contribution < -0.4 is 10.7 Å². The van der Waals surface area contributed by atoms with Crippen LogP contribution in [0.3, 0.4) is 0 Å². The third-order valence-electron chi connectivity index (χ3n) is 4.87. The predicted molar refractivity (Wildman–Crippen MR) is 120 cm³/mol. The molecule has 3 aromatic rings. The lowest BCUT2D eigenvalue weighted by molar-refractivity contribution is 0.624. The van der Waals surface area contributed by atoms with Crippen molar-refractivity contribution in [1.82, 2.24) is 4.57 Å². The molecule has 0 radical (unpaired) electrons. The molecule has 0 saturated carbocycles. The first kappa shape index (κ1) is 19.7. The molecule has 4 rings (SSSR count). The van der Waals surface area contributed by atoms with E-state index in [1.165, 1.54) is 0 Å². The number of halogens is 1. The number of allylic oxidation sites excluding steroid dienone is 1. The molecule has 2 aromatic carbocycles. The van der Waals surface area contributed by atoms with Crippen LogP contribution in [-0.4, -0.2) is 16.4 Å². The number of nitriles is 2. The number of anilines is 1. The molecule has 1 aliphatic rings. The molecule has 1 aromatic heterocycles. The van der Waals surface area contributed by atoms with E-state index in [0.29, 0.717) is 11.3 Å². The number of nitrogens with zero attached hydrogens (tertiary/aromatic N) is 5. The van der Waals surface area contributed by atoms with Gasteiger partial charge in [0.25, 0.3) is 0 Å². The molecular formula is C23H17BrN6. The van der Waals surface area contributed by atoms with Gasteiger partial charge in [-0.25, -0.2) is 5.01 Å². The van der Waals surface area contributed by atoms with Gasteiger partial charge in [0.2, 0.25) is 0 Å². The van der Waals surface area contributed by atoms with Crippen LogP contribution in [0.25, 0.3) is 11.8 Å². The molecule has 2 heterocycles. The minimum atomic E-state index is -0.716. The highest BCUT2D eigenvalue weighted by molar-refractivity contribution is 9.10. The summed E-state index contributed by atoms with van der Waals surface area (Å²) in [6, 6.07) is 25.5. The molecule has 7 heteroatoms. The van der Waals surface area contributed by atoms with Gasteiger partial charge in [-0.1, -0.05) is 34.1 Å². The third kappa shape index (κ3) is 3.65. The van der Waals surface area contributed by atoms with E-state index in [0.717, 1.165) is 21.5 Å². The minimum absolute atomic E-state index is 0.312. The number of rotatable bonds is 4. The number of hydrogen-bond donors (Lipinski definition) is 1. The Labute approximate surface area is 182 Å². The van der Waals surface area contributed by atoms with Crippen LogP contribution in [0.1, 0.15) is 5.69 Å². The fraction of sp³-hybridized carbons (Fsp3) is 0.0870. The van der Waals surface area contributed by atoms with Gasteiger partial charge in [0.15, 0.2) is 0 Å². The van der Waals surface area contributed by atoms with Gasteiger partial charge in [0, 0.05) is 22.1 Å². The van der Waals surface area contributed by atoms with Crippen molar-refractivity contribution in [2.24, 2.45) is 16.8 Å². The van der Waals surface area contributed by atoms with Crippen LogP contribution in [-0.2, 0) is 0 Å². The fourth-order valence-electron chi connectivity index (χ4n) is 3.38. The Bertz CT molecular complexity index is 1190. The summed E-state index contributed by atoms with van der Waals surface area (Å²) in [5.74, 6) is -0.716. The van der Waals surface area contributed by atoms with E-state index >= 15 is 0 Å². The second-order valence-electron chi connectivity index (χ2n) is 6.71. The van der Waals surface area contributed by atoms with Gasteiger partial charge >= 0.3 is 0 Å². The van der Waals surface area contributed by atoms with Crippen LogP contribution >= 0.6 is 15.9 Å². The quantitative estimate of drug-likeness (QED) is 0.586. The zero-order chi connectivity index (χ0) is 21.1. The average molecular weight is 457 g/mol. The molecule has 0 fully saturated rings. The van der Waals surface area contributed by atoms with Gasteiger partial charge in [0.05, 0.1) is 23.0 Å². The van der Waals surface area contributed by atoms with E-state index in [1.54, 1.807) is 11.1 Å². The number of benzene rings is 2. The average Bonchev–Trinajstić information content (AvgIpc) is 3.37. The number of hydrogen-bond acceptors (Lipinski definition) is 5. The van der Waals surface area contributed by atoms with E-state index in [-0.39, 0.29) is 0 Å². The lowest BCUT2D eigenvalue weighted by atomic mass is 9.96. The Morgan fingerprint density at radius 2 is 1.73 bits per heavy atom. The largest absolute Gasteiger partial charge is 0.317 e. The third-order valence-corrected chi connectivity index (χ3v) is 5.40. The first-order valence-corrected chi connectivity index (χ1v) is 10.0. The first-order chi connectivity index (χ1) is 14.6. The molecule has 0 bridgehead atoms. The van der Waals surface area contributed by atoms with Crippen molar-refractivity contribution in [3.8, 4) is 17.8 Å².